The van der Waals surface area contributed by atoms with Gasteiger partial charge in [0.05, 0.1) is 12.7 Å². The van der Waals surface area contributed by atoms with Crippen LogP contribution < -0.4 is 0 Å². The third kappa shape index (κ3) is 3.68. The fourth-order valence-electron chi connectivity index (χ4n) is 0.913. The minimum absolute atomic E-state index is 0.149. The van der Waals surface area contributed by atoms with Crippen molar-refractivity contribution in [2.75, 3.05) is 12.4 Å². The molecule has 74 valence electrons. The van der Waals surface area contributed by atoms with Crippen LogP contribution in [0.15, 0.2) is 17.5 Å². The molecule has 1 aromatic heterocycles. The van der Waals surface area contributed by atoms with Gasteiger partial charge in [-0.3, -0.25) is 0 Å². The molecule has 2 nitrogen and oxygen atoms in total. The van der Waals surface area contributed by atoms with Crippen molar-refractivity contribution < 1.29 is 10.2 Å². The molecule has 2 N–H and O–H groups in total. The number of rotatable bonds is 5. The molecule has 0 aliphatic heterocycles. The second kappa shape index (κ2) is 5.65. The maximum absolute atomic E-state index is 9.14. The summed E-state index contributed by atoms with van der Waals surface area (Å²) in [6.07, 6.45) is -0.590. The van der Waals surface area contributed by atoms with Crippen molar-refractivity contribution in [3.8, 4) is 0 Å². The lowest BCUT2D eigenvalue weighted by Gasteiger charge is -2.11. The molecule has 1 heterocycles. The van der Waals surface area contributed by atoms with Crippen LogP contribution >= 0.6 is 23.1 Å². The molecular weight excluding hydrogens is 204 g/mol. The van der Waals surface area contributed by atoms with Crippen molar-refractivity contribution in [3.05, 3.63) is 22.4 Å². The molecule has 0 saturated heterocycles. The van der Waals surface area contributed by atoms with Crippen LogP contribution in [-0.4, -0.2) is 28.7 Å². The summed E-state index contributed by atoms with van der Waals surface area (Å²) < 4.78 is 0. The molecule has 0 bridgehead atoms. The Balaban J connectivity index is 2.30. The number of aliphatic hydroxyl groups is 2. The Morgan fingerprint density at radius 2 is 2.38 bits per heavy atom. The molecule has 0 aliphatic carbocycles. The van der Waals surface area contributed by atoms with E-state index in [9.17, 15) is 0 Å². The number of thiophene rings is 1. The molecule has 0 amide bonds. The predicted molar refractivity (Wildman–Crippen MR) is 58.3 cm³/mol. The highest BCUT2D eigenvalue weighted by Crippen LogP contribution is 2.31. The molecule has 4 heteroatoms. The lowest BCUT2D eigenvalue weighted by atomic mass is 10.4. The summed E-state index contributed by atoms with van der Waals surface area (Å²) in [5.41, 5.74) is 0. The normalized spacial score (nSPS) is 15.6. The Labute approximate surface area is 86.6 Å². The summed E-state index contributed by atoms with van der Waals surface area (Å²) in [5, 5.41) is 20.2. The number of hydrogen-bond donors (Lipinski definition) is 2. The summed E-state index contributed by atoms with van der Waals surface area (Å²) in [6, 6.07) is 4.12. The van der Waals surface area contributed by atoms with Gasteiger partial charge in [-0.05, 0) is 18.4 Å². The van der Waals surface area contributed by atoms with Crippen molar-refractivity contribution in [2.45, 2.75) is 18.3 Å². The van der Waals surface area contributed by atoms with E-state index >= 15 is 0 Å². The zero-order valence-electron chi connectivity index (χ0n) is 7.51. The van der Waals surface area contributed by atoms with Crippen LogP contribution in [0.5, 0.6) is 0 Å². The summed E-state index contributed by atoms with van der Waals surface area (Å²) in [5.74, 6) is 0.593. The number of hydrogen-bond acceptors (Lipinski definition) is 4. The van der Waals surface area contributed by atoms with Crippen LogP contribution in [0.1, 0.15) is 17.1 Å². The van der Waals surface area contributed by atoms with Gasteiger partial charge < -0.3 is 10.2 Å². The largest absolute Gasteiger partial charge is 0.394 e. The van der Waals surface area contributed by atoms with E-state index in [1.54, 1.807) is 23.1 Å². The van der Waals surface area contributed by atoms with Crippen LogP contribution in [0.3, 0.4) is 0 Å². The minimum atomic E-state index is -0.590. The van der Waals surface area contributed by atoms with E-state index in [1.807, 2.05) is 6.07 Å². The van der Waals surface area contributed by atoms with E-state index in [4.69, 9.17) is 10.2 Å². The summed E-state index contributed by atoms with van der Waals surface area (Å²) in [4.78, 5) is 1.31. The van der Waals surface area contributed by atoms with E-state index < -0.39 is 6.10 Å². The van der Waals surface area contributed by atoms with Crippen LogP contribution in [0, 0.1) is 0 Å². The fraction of sp³-hybridized carbons (Fsp3) is 0.556. The van der Waals surface area contributed by atoms with Crippen molar-refractivity contribution in [2.24, 2.45) is 0 Å². The van der Waals surface area contributed by atoms with Crippen molar-refractivity contribution in [3.63, 3.8) is 0 Å². The van der Waals surface area contributed by atoms with Gasteiger partial charge in [-0.25, -0.2) is 0 Å². The van der Waals surface area contributed by atoms with Gasteiger partial charge in [-0.15, -0.1) is 11.3 Å². The highest BCUT2D eigenvalue weighted by atomic mass is 32.2. The molecule has 0 fully saturated rings. The maximum Gasteiger partial charge on any atom is 0.0861 e. The van der Waals surface area contributed by atoms with Gasteiger partial charge in [-0.1, -0.05) is 6.07 Å². The average molecular weight is 218 g/mol. The van der Waals surface area contributed by atoms with Gasteiger partial charge in [0.15, 0.2) is 0 Å². The Kier molecular flexibility index (Phi) is 4.80. The Hall–Kier alpha value is -0.0300. The van der Waals surface area contributed by atoms with Gasteiger partial charge in [0.25, 0.3) is 0 Å². The summed E-state index contributed by atoms with van der Waals surface area (Å²) in [7, 11) is 0. The Morgan fingerprint density at radius 1 is 1.62 bits per heavy atom. The first kappa shape index (κ1) is 11.0. The van der Waals surface area contributed by atoms with Crippen molar-refractivity contribution in [1.29, 1.82) is 0 Å². The van der Waals surface area contributed by atoms with Crippen molar-refractivity contribution >= 4 is 23.1 Å². The monoisotopic (exact) mass is 218 g/mol. The van der Waals surface area contributed by atoms with Crippen LogP contribution in [0.4, 0.5) is 0 Å². The lowest BCUT2D eigenvalue weighted by molar-refractivity contribution is 0.113. The third-order valence-electron chi connectivity index (χ3n) is 1.69. The third-order valence-corrected chi connectivity index (χ3v) is 4.23. The fourth-order valence-corrected chi connectivity index (χ4v) is 2.81. The van der Waals surface area contributed by atoms with Gasteiger partial charge in [0.1, 0.15) is 0 Å². The molecule has 1 aromatic rings. The zero-order chi connectivity index (χ0) is 9.68. The maximum atomic E-state index is 9.14. The highest BCUT2D eigenvalue weighted by molar-refractivity contribution is 7.99. The van der Waals surface area contributed by atoms with E-state index in [0.29, 0.717) is 11.0 Å². The van der Waals surface area contributed by atoms with Crippen LogP contribution in [-0.2, 0) is 0 Å². The number of aliphatic hydroxyl groups excluding tert-OH is 2. The Bertz CT molecular complexity index is 224. The molecule has 0 aromatic carbocycles. The second-order valence-electron chi connectivity index (χ2n) is 2.83. The first-order valence-electron chi connectivity index (χ1n) is 4.18. The minimum Gasteiger partial charge on any atom is -0.394 e. The molecular formula is C9H14O2S2. The molecule has 2 atom stereocenters. The lowest BCUT2D eigenvalue weighted by Crippen LogP contribution is -2.15. The predicted octanol–water partition coefficient (Wildman–Crippen LogP) is 1.90. The molecule has 0 spiro atoms. The first-order chi connectivity index (χ1) is 6.24. The standard InChI is InChI=1S/C9H14O2S2/c1-7(9-3-2-4-12-9)13-6-8(11)5-10/h2-4,7-8,10-11H,5-6H2,1H3/t7-,8+/m1/s1. The average Bonchev–Trinajstić information content (AvgIpc) is 2.66. The van der Waals surface area contributed by atoms with Gasteiger partial charge in [0.2, 0.25) is 0 Å². The highest BCUT2D eigenvalue weighted by Gasteiger charge is 2.09. The zero-order valence-corrected chi connectivity index (χ0v) is 9.14. The van der Waals surface area contributed by atoms with Gasteiger partial charge in [-0.2, -0.15) is 11.8 Å². The first-order valence-corrected chi connectivity index (χ1v) is 6.10. The molecule has 1 rings (SSSR count). The SMILES string of the molecule is C[C@@H](SC[C@@H](O)CO)c1cccs1. The molecule has 0 saturated carbocycles. The molecule has 13 heavy (non-hydrogen) atoms. The Morgan fingerprint density at radius 3 is 2.92 bits per heavy atom. The van der Waals surface area contributed by atoms with E-state index in [1.165, 1.54) is 4.88 Å². The van der Waals surface area contributed by atoms with E-state index in [-0.39, 0.29) is 6.61 Å². The quantitative estimate of drug-likeness (QED) is 0.793. The van der Waals surface area contributed by atoms with Crippen LogP contribution in [0.25, 0.3) is 0 Å². The molecule has 0 unspecified atom stereocenters. The van der Waals surface area contributed by atoms with Crippen molar-refractivity contribution in [1.82, 2.24) is 0 Å². The molecule has 0 aliphatic rings. The van der Waals surface area contributed by atoms with E-state index in [2.05, 4.69) is 18.4 Å². The van der Waals surface area contributed by atoms with Crippen LogP contribution in [0.2, 0.25) is 0 Å². The second-order valence-corrected chi connectivity index (χ2v) is 5.18. The smallest absolute Gasteiger partial charge is 0.0861 e. The summed E-state index contributed by atoms with van der Waals surface area (Å²) >= 11 is 3.39. The van der Waals surface area contributed by atoms with Gasteiger partial charge in [0, 0.05) is 15.9 Å². The van der Waals surface area contributed by atoms with E-state index in [0.717, 1.165) is 0 Å². The molecule has 0 radical (unpaired) electrons. The topological polar surface area (TPSA) is 40.5 Å². The van der Waals surface area contributed by atoms with Gasteiger partial charge >= 0.3 is 0 Å². The summed E-state index contributed by atoms with van der Waals surface area (Å²) in [6.45, 7) is 1.96. The number of thioether (sulfide) groups is 1.